The highest BCUT2D eigenvalue weighted by molar-refractivity contribution is 7.12. The van der Waals surface area contributed by atoms with Gasteiger partial charge in [0.15, 0.2) is 0 Å². The van der Waals surface area contributed by atoms with Gasteiger partial charge in [-0.1, -0.05) is 20.8 Å². The average Bonchev–Trinajstić information content (AvgIpc) is 2.84. The zero-order valence-electron chi connectivity index (χ0n) is 9.77. The van der Waals surface area contributed by atoms with Gasteiger partial charge in [0.25, 0.3) is 0 Å². The van der Waals surface area contributed by atoms with E-state index in [0.29, 0.717) is 0 Å². The molecule has 0 aliphatic carbocycles. The highest BCUT2D eigenvalue weighted by Gasteiger charge is 2.10. The molecule has 0 radical (unpaired) electrons. The van der Waals surface area contributed by atoms with Crippen LogP contribution in [0.5, 0.6) is 0 Å². The molecule has 2 aromatic heterocycles. The third-order valence-electron chi connectivity index (χ3n) is 2.00. The molecule has 2 aromatic rings. The van der Waals surface area contributed by atoms with E-state index in [1.807, 2.05) is 17.6 Å². The van der Waals surface area contributed by atoms with Crippen LogP contribution in [0.25, 0.3) is 5.13 Å². The number of anilines is 1. The second kappa shape index (κ2) is 4.25. The molecule has 5 heteroatoms. The maximum atomic E-state index is 4.41. The van der Waals surface area contributed by atoms with Crippen LogP contribution in [0.1, 0.15) is 20.8 Å². The molecule has 0 aromatic carbocycles. The topological polar surface area (TPSA) is 42.7 Å². The number of hydrogen-bond donors (Lipinski definition) is 1. The Morgan fingerprint density at radius 1 is 1.44 bits per heavy atom. The van der Waals surface area contributed by atoms with Crippen molar-refractivity contribution in [3.63, 3.8) is 0 Å². The number of nitrogens with one attached hydrogen (secondary N) is 1. The number of nitrogens with zero attached hydrogens (tertiary/aromatic N) is 3. The Morgan fingerprint density at radius 3 is 2.88 bits per heavy atom. The fraction of sp³-hybridized carbons (Fsp3) is 0.455. The van der Waals surface area contributed by atoms with Gasteiger partial charge >= 0.3 is 0 Å². The maximum absolute atomic E-state index is 4.41. The van der Waals surface area contributed by atoms with Gasteiger partial charge in [0, 0.05) is 30.4 Å². The van der Waals surface area contributed by atoms with Crippen LogP contribution < -0.4 is 5.32 Å². The van der Waals surface area contributed by atoms with Gasteiger partial charge in [-0.2, -0.15) is 0 Å². The van der Waals surface area contributed by atoms with Gasteiger partial charge in [-0.25, -0.2) is 9.67 Å². The van der Waals surface area contributed by atoms with E-state index in [2.05, 4.69) is 36.2 Å². The molecule has 0 aliphatic heterocycles. The van der Waals surface area contributed by atoms with Gasteiger partial charge in [0.1, 0.15) is 5.82 Å². The van der Waals surface area contributed by atoms with E-state index in [1.54, 1.807) is 22.2 Å². The lowest BCUT2D eigenvalue weighted by atomic mass is 9.97. The molecular weight excluding hydrogens is 220 g/mol. The summed E-state index contributed by atoms with van der Waals surface area (Å²) in [6, 6.07) is 1.97. The van der Waals surface area contributed by atoms with Crippen LogP contribution in [0.15, 0.2) is 23.8 Å². The second-order valence-electron chi connectivity index (χ2n) is 4.87. The number of rotatable bonds is 3. The molecule has 86 valence electrons. The fourth-order valence-electron chi connectivity index (χ4n) is 1.21. The number of hydrogen-bond acceptors (Lipinski definition) is 4. The Morgan fingerprint density at radius 2 is 2.25 bits per heavy atom. The van der Waals surface area contributed by atoms with Gasteiger partial charge in [0.05, 0.1) is 0 Å². The lowest BCUT2D eigenvalue weighted by Crippen LogP contribution is -2.19. The van der Waals surface area contributed by atoms with Crippen LogP contribution in [-0.2, 0) is 0 Å². The van der Waals surface area contributed by atoms with E-state index >= 15 is 0 Å². The van der Waals surface area contributed by atoms with Crippen molar-refractivity contribution in [1.29, 1.82) is 0 Å². The summed E-state index contributed by atoms with van der Waals surface area (Å²) in [5.41, 5.74) is 0.255. The molecule has 16 heavy (non-hydrogen) atoms. The Labute approximate surface area is 99.3 Å². The van der Waals surface area contributed by atoms with Crippen molar-refractivity contribution in [1.82, 2.24) is 14.8 Å². The average molecular weight is 236 g/mol. The maximum Gasteiger partial charge on any atom is 0.210 e. The summed E-state index contributed by atoms with van der Waals surface area (Å²) >= 11 is 1.57. The van der Waals surface area contributed by atoms with E-state index in [-0.39, 0.29) is 5.41 Å². The predicted octanol–water partition coefficient (Wildman–Crippen LogP) is 2.79. The molecule has 2 rings (SSSR count). The van der Waals surface area contributed by atoms with Gasteiger partial charge in [-0.3, -0.25) is 0 Å². The predicted molar refractivity (Wildman–Crippen MR) is 67.2 cm³/mol. The normalized spacial score (nSPS) is 11.7. The Balaban J connectivity index is 2.03. The summed E-state index contributed by atoms with van der Waals surface area (Å²) in [6.07, 6.45) is 3.70. The first kappa shape index (κ1) is 11.1. The monoisotopic (exact) mass is 236 g/mol. The zero-order chi connectivity index (χ0) is 11.6. The molecule has 0 unspecified atom stereocenters. The summed E-state index contributed by atoms with van der Waals surface area (Å²) in [4.78, 5) is 4.20. The second-order valence-corrected chi connectivity index (χ2v) is 5.75. The van der Waals surface area contributed by atoms with Crippen molar-refractivity contribution >= 4 is 17.2 Å². The fourth-order valence-corrected chi connectivity index (χ4v) is 1.78. The molecule has 0 atom stereocenters. The first-order valence-electron chi connectivity index (χ1n) is 5.24. The summed E-state index contributed by atoms with van der Waals surface area (Å²) in [6.45, 7) is 7.48. The standard InChI is InChI=1S/C11H16N4S/c1-11(2,3)8-13-9-4-6-15(14-9)10-12-5-7-16-10/h4-7H,8H2,1-3H3,(H,13,14). The van der Waals surface area contributed by atoms with Crippen LogP contribution in [0.4, 0.5) is 5.82 Å². The minimum atomic E-state index is 0.255. The van der Waals surface area contributed by atoms with Crippen LogP contribution in [-0.4, -0.2) is 21.3 Å². The molecule has 0 spiro atoms. The van der Waals surface area contributed by atoms with Crippen molar-refractivity contribution in [2.45, 2.75) is 20.8 Å². The Hall–Kier alpha value is -1.36. The summed E-state index contributed by atoms with van der Waals surface area (Å²) in [5, 5.41) is 10.6. The molecule has 0 saturated heterocycles. The van der Waals surface area contributed by atoms with Gasteiger partial charge in [-0.05, 0) is 5.41 Å². The lowest BCUT2D eigenvalue weighted by Gasteiger charge is -2.18. The Kier molecular flexibility index (Phi) is 2.96. The van der Waals surface area contributed by atoms with Crippen molar-refractivity contribution in [2.24, 2.45) is 5.41 Å². The van der Waals surface area contributed by atoms with E-state index in [9.17, 15) is 0 Å². The van der Waals surface area contributed by atoms with E-state index < -0.39 is 0 Å². The van der Waals surface area contributed by atoms with Crippen molar-refractivity contribution in [3.05, 3.63) is 23.8 Å². The first-order valence-corrected chi connectivity index (χ1v) is 6.12. The molecule has 0 saturated carbocycles. The van der Waals surface area contributed by atoms with Gasteiger partial charge < -0.3 is 5.32 Å². The largest absolute Gasteiger partial charge is 0.368 e. The third-order valence-corrected chi connectivity index (χ3v) is 2.77. The van der Waals surface area contributed by atoms with Gasteiger partial charge in [-0.15, -0.1) is 16.4 Å². The first-order chi connectivity index (χ1) is 7.54. The van der Waals surface area contributed by atoms with Crippen molar-refractivity contribution in [2.75, 3.05) is 11.9 Å². The van der Waals surface area contributed by atoms with Gasteiger partial charge in [0.2, 0.25) is 5.13 Å². The third kappa shape index (κ3) is 2.82. The number of aromatic nitrogens is 3. The molecule has 0 aliphatic rings. The summed E-state index contributed by atoms with van der Waals surface area (Å²) in [7, 11) is 0. The molecule has 4 nitrogen and oxygen atoms in total. The smallest absolute Gasteiger partial charge is 0.210 e. The molecule has 0 amide bonds. The van der Waals surface area contributed by atoms with E-state index in [0.717, 1.165) is 17.5 Å². The SMILES string of the molecule is CC(C)(C)CNc1ccn(-c2nccs2)n1. The van der Waals surface area contributed by atoms with Crippen LogP contribution in [0, 0.1) is 5.41 Å². The minimum Gasteiger partial charge on any atom is -0.368 e. The molecular formula is C11H16N4S. The van der Waals surface area contributed by atoms with E-state index in [1.165, 1.54) is 0 Å². The van der Waals surface area contributed by atoms with Crippen molar-refractivity contribution < 1.29 is 0 Å². The quantitative estimate of drug-likeness (QED) is 0.891. The molecule has 2 heterocycles. The summed E-state index contributed by atoms with van der Waals surface area (Å²) < 4.78 is 1.79. The molecule has 1 N–H and O–H groups in total. The Bertz CT molecular complexity index is 439. The van der Waals surface area contributed by atoms with E-state index in [4.69, 9.17) is 0 Å². The van der Waals surface area contributed by atoms with Crippen LogP contribution >= 0.6 is 11.3 Å². The van der Waals surface area contributed by atoms with Crippen LogP contribution in [0.2, 0.25) is 0 Å². The zero-order valence-corrected chi connectivity index (χ0v) is 10.6. The highest BCUT2D eigenvalue weighted by Crippen LogP contribution is 2.16. The molecule has 0 bridgehead atoms. The number of thiazole rings is 1. The lowest BCUT2D eigenvalue weighted by molar-refractivity contribution is 0.442. The van der Waals surface area contributed by atoms with Crippen molar-refractivity contribution in [3.8, 4) is 5.13 Å². The van der Waals surface area contributed by atoms with Crippen LogP contribution in [0.3, 0.4) is 0 Å². The minimum absolute atomic E-state index is 0.255. The highest BCUT2D eigenvalue weighted by atomic mass is 32.1. The summed E-state index contributed by atoms with van der Waals surface area (Å²) in [5.74, 6) is 0.894. The molecule has 0 fully saturated rings.